The maximum absolute atomic E-state index is 12.3. The number of alkyl halides is 3. The Morgan fingerprint density at radius 1 is 1.38 bits per heavy atom. The summed E-state index contributed by atoms with van der Waals surface area (Å²) in [6, 6.07) is 1.45. The first-order valence-electron chi connectivity index (χ1n) is 8.08. The molecule has 5 nitrogen and oxygen atoms in total. The number of aryl methyl sites for hydroxylation is 1. The molecule has 0 atom stereocenters. The van der Waals surface area contributed by atoms with Crippen LogP contribution in [0, 0.1) is 12.8 Å². The van der Waals surface area contributed by atoms with E-state index in [1.807, 2.05) is 6.92 Å². The first kappa shape index (κ1) is 18.5. The van der Waals surface area contributed by atoms with Gasteiger partial charge >= 0.3 is 12.2 Å². The molecule has 1 aromatic heterocycles. The molecule has 1 aliphatic heterocycles. The lowest BCUT2D eigenvalue weighted by molar-refractivity contribution is -0.148. The van der Waals surface area contributed by atoms with E-state index >= 15 is 0 Å². The molecule has 8 heteroatoms. The number of rotatable bonds is 5. The summed E-state index contributed by atoms with van der Waals surface area (Å²) >= 11 is 0. The van der Waals surface area contributed by atoms with Gasteiger partial charge in [-0.1, -0.05) is 0 Å². The number of hydrogen-bond acceptors (Lipinski definition) is 3. The van der Waals surface area contributed by atoms with Gasteiger partial charge in [0.05, 0.1) is 6.54 Å². The van der Waals surface area contributed by atoms with Gasteiger partial charge in [-0.05, 0) is 56.8 Å². The molecule has 0 unspecified atom stereocenters. The molecule has 0 saturated carbocycles. The minimum atomic E-state index is -4.13. The number of piperidine rings is 1. The van der Waals surface area contributed by atoms with Crippen molar-refractivity contribution >= 4 is 11.7 Å². The summed E-state index contributed by atoms with van der Waals surface area (Å²) in [6.07, 6.45) is 1.41. The van der Waals surface area contributed by atoms with Crippen LogP contribution in [0.15, 0.2) is 18.5 Å². The highest BCUT2D eigenvalue weighted by atomic mass is 19.4. The molecule has 24 heavy (non-hydrogen) atoms. The largest absolute Gasteiger partial charge is 0.401 e. The molecule has 2 N–H and O–H groups in total. The minimum absolute atomic E-state index is 0.279. The molecule has 1 aliphatic rings. The molecule has 1 fully saturated rings. The smallest absolute Gasteiger partial charge is 0.338 e. The molecule has 0 radical (unpaired) electrons. The monoisotopic (exact) mass is 344 g/mol. The second-order valence-electron chi connectivity index (χ2n) is 6.19. The van der Waals surface area contributed by atoms with Crippen molar-refractivity contribution in [1.29, 1.82) is 0 Å². The lowest BCUT2D eigenvalue weighted by Crippen LogP contribution is -2.40. The molecule has 1 saturated heterocycles. The molecule has 0 spiro atoms. The van der Waals surface area contributed by atoms with Crippen molar-refractivity contribution in [2.24, 2.45) is 5.92 Å². The standard InChI is InChI=1S/C16H23F3N4O/c1-12-10-20-6-3-14(12)22-15(24)21-7-2-13-4-8-23(9-5-13)11-16(17,18)19/h3,6,10,13H,2,4-5,7-9,11H2,1H3,(H2,20,21,22,24). The van der Waals surface area contributed by atoms with Crippen LogP contribution < -0.4 is 10.6 Å². The Balaban J connectivity index is 1.63. The highest BCUT2D eigenvalue weighted by Crippen LogP contribution is 2.24. The summed E-state index contributed by atoms with van der Waals surface area (Å²) in [6.45, 7) is 2.47. The van der Waals surface area contributed by atoms with E-state index in [4.69, 9.17) is 0 Å². The molecular weight excluding hydrogens is 321 g/mol. The number of pyridine rings is 1. The highest BCUT2D eigenvalue weighted by Gasteiger charge is 2.32. The zero-order chi connectivity index (χ0) is 17.6. The van der Waals surface area contributed by atoms with Crippen molar-refractivity contribution in [2.45, 2.75) is 32.4 Å². The maximum Gasteiger partial charge on any atom is 0.401 e. The summed E-state index contributed by atoms with van der Waals surface area (Å²) in [4.78, 5) is 17.2. The number of halogens is 3. The van der Waals surface area contributed by atoms with Crippen molar-refractivity contribution in [3.05, 3.63) is 24.0 Å². The van der Waals surface area contributed by atoms with Crippen molar-refractivity contribution in [1.82, 2.24) is 15.2 Å². The predicted molar refractivity (Wildman–Crippen MR) is 85.8 cm³/mol. The average Bonchev–Trinajstić information content (AvgIpc) is 2.50. The van der Waals surface area contributed by atoms with Crippen LogP contribution in [0.3, 0.4) is 0 Å². The Kier molecular flexibility index (Phi) is 6.42. The summed E-state index contributed by atoms with van der Waals surface area (Å²) < 4.78 is 37.0. The van der Waals surface area contributed by atoms with Crippen LogP contribution in [0.2, 0.25) is 0 Å². The Morgan fingerprint density at radius 2 is 2.08 bits per heavy atom. The summed E-state index contributed by atoms with van der Waals surface area (Å²) in [5.74, 6) is 0.359. The van der Waals surface area contributed by atoms with Crippen molar-refractivity contribution in [3.63, 3.8) is 0 Å². The van der Waals surface area contributed by atoms with Crippen LogP contribution in [-0.2, 0) is 0 Å². The van der Waals surface area contributed by atoms with Gasteiger partial charge in [-0.3, -0.25) is 9.88 Å². The Morgan fingerprint density at radius 3 is 2.71 bits per heavy atom. The van der Waals surface area contributed by atoms with Gasteiger partial charge in [0.25, 0.3) is 0 Å². The van der Waals surface area contributed by atoms with Crippen LogP contribution in [0.5, 0.6) is 0 Å². The fourth-order valence-electron chi connectivity index (χ4n) is 2.86. The van der Waals surface area contributed by atoms with E-state index in [-0.39, 0.29) is 6.03 Å². The van der Waals surface area contributed by atoms with Crippen molar-refractivity contribution in [2.75, 3.05) is 31.5 Å². The van der Waals surface area contributed by atoms with Gasteiger partial charge in [0.15, 0.2) is 0 Å². The highest BCUT2D eigenvalue weighted by molar-refractivity contribution is 5.89. The fourth-order valence-corrected chi connectivity index (χ4v) is 2.86. The molecule has 0 aromatic carbocycles. The lowest BCUT2D eigenvalue weighted by Gasteiger charge is -2.32. The number of likely N-dealkylation sites (tertiary alicyclic amines) is 1. The lowest BCUT2D eigenvalue weighted by atomic mass is 9.93. The van der Waals surface area contributed by atoms with Gasteiger partial charge < -0.3 is 10.6 Å². The van der Waals surface area contributed by atoms with E-state index in [2.05, 4.69) is 15.6 Å². The SMILES string of the molecule is Cc1cnccc1NC(=O)NCCC1CCN(CC(F)(F)F)CC1. The summed E-state index contributed by atoms with van der Waals surface area (Å²) in [5.41, 5.74) is 1.59. The number of anilines is 1. The molecular formula is C16H23F3N4O. The quantitative estimate of drug-likeness (QED) is 0.863. The van der Waals surface area contributed by atoms with E-state index in [1.165, 1.54) is 4.90 Å². The van der Waals surface area contributed by atoms with Crippen LogP contribution in [-0.4, -0.2) is 48.3 Å². The van der Waals surface area contributed by atoms with Crippen LogP contribution in [0.1, 0.15) is 24.8 Å². The van der Waals surface area contributed by atoms with Crippen molar-refractivity contribution < 1.29 is 18.0 Å². The van der Waals surface area contributed by atoms with E-state index in [1.54, 1.807) is 18.5 Å². The van der Waals surface area contributed by atoms with Gasteiger partial charge in [-0.25, -0.2) is 4.79 Å². The number of hydrogen-bond donors (Lipinski definition) is 2. The topological polar surface area (TPSA) is 57.3 Å². The van der Waals surface area contributed by atoms with Crippen LogP contribution in [0.25, 0.3) is 0 Å². The predicted octanol–water partition coefficient (Wildman–Crippen LogP) is 3.18. The Bertz CT molecular complexity index is 542. The molecule has 2 heterocycles. The second-order valence-corrected chi connectivity index (χ2v) is 6.19. The zero-order valence-corrected chi connectivity index (χ0v) is 13.7. The van der Waals surface area contributed by atoms with Crippen molar-refractivity contribution in [3.8, 4) is 0 Å². The third-order valence-corrected chi connectivity index (χ3v) is 4.22. The fraction of sp³-hybridized carbons (Fsp3) is 0.625. The summed E-state index contributed by atoms with van der Waals surface area (Å²) in [7, 11) is 0. The Labute approximate surface area is 139 Å². The minimum Gasteiger partial charge on any atom is -0.338 e. The molecule has 2 amide bonds. The number of aromatic nitrogens is 1. The Hall–Kier alpha value is -1.83. The van der Waals surface area contributed by atoms with Gasteiger partial charge in [0.2, 0.25) is 0 Å². The molecule has 0 bridgehead atoms. The average molecular weight is 344 g/mol. The van der Waals surface area contributed by atoms with Gasteiger partial charge in [0, 0.05) is 24.6 Å². The van der Waals surface area contributed by atoms with Crippen LogP contribution in [0.4, 0.5) is 23.7 Å². The molecule has 1 aromatic rings. The normalized spacial score (nSPS) is 16.8. The molecule has 0 aliphatic carbocycles. The first-order chi connectivity index (χ1) is 11.3. The molecule has 2 rings (SSSR count). The first-order valence-corrected chi connectivity index (χ1v) is 8.08. The van der Waals surface area contributed by atoms with E-state index in [9.17, 15) is 18.0 Å². The zero-order valence-electron chi connectivity index (χ0n) is 13.7. The van der Waals surface area contributed by atoms with Crippen LogP contribution >= 0.6 is 0 Å². The van der Waals surface area contributed by atoms with Gasteiger partial charge in [-0.15, -0.1) is 0 Å². The maximum atomic E-state index is 12.3. The number of carbonyl (C=O) groups is 1. The van der Waals surface area contributed by atoms with E-state index in [0.29, 0.717) is 31.2 Å². The third kappa shape index (κ3) is 6.35. The van der Waals surface area contributed by atoms with Gasteiger partial charge in [-0.2, -0.15) is 13.2 Å². The second kappa shape index (κ2) is 8.32. The van der Waals surface area contributed by atoms with E-state index < -0.39 is 12.7 Å². The van der Waals surface area contributed by atoms with E-state index in [0.717, 1.165) is 24.8 Å². The number of carbonyl (C=O) groups excluding carboxylic acids is 1. The number of amides is 2. The molecule has 134 valence electrons. The van der Waals surface area contributed by atoms with Gasteiger partial charge in [0.1, 0.15) is 0 Å². The number of nitrogens with one attached hydrogen (secondary N) is 2. The third-order valence-electron chi connectivity index (χ3n) is 4.22. The summed E-state index contributed by atoms with van der Waals surface area (Å²) in [5, 5.41) is 5.55. The number of nitrogens with zero attached hydrogens (tertiary/aromatic N) is 2. The number of urea groups is 1.